The molecule has 0 bridgehead atoms. The number of hydrogen-bond acceptors (Lipinski definition) is 4. The predicted octanol–water partition coefficient (Wildman–Crippen LogP) is 3.46. The number of fused-ring (bicyclic) bond motifs is 1. The van der Waals surface area contributed by atoms with Gasteiger partial charge in [-0.15, -0.1) is 11.3 Å². The first kappa shape index (κ1) is 13.3. The van der Waals surface area contributed by atoms with E-state index in [9.17, 15) is 9.59 Å². The van der Waals surface area contributed by atoms with Gasteiger partial charge in [-0.1, -0.05) is 0 Å². The van der Waals surface area contributed by atoms with Crippen molar-refractivity contribution in [2.75, 3.05) is 5.32 Å². The zero-order chi connectivity index (χ0) is 14.3. The Balaban J connectivity index is 1.97. The lowest BCUT2D eigenvalue weighted by atomic mass is 10.1. The molecule has 1 aromatic carbocycles. The van der Waals surface area contributed by atoms with Gasteiger partial charge < -0.3 is 10.1 Å². The topological polar surface area (TPSA) is 55.4 Å². The molecule has 0 radical (unpaired) electrons. The van der Waals surface area contributed by atoms with E-state index < -0.39 is 6.10 Å². The minimum absolute atomic E-state index is 0.0810. The van der Waals surface area contributed by atoms with Crippen LogP contribution in [0.4, 0.5) is 5.69 Å². The van der Waals surface area contributed by atoms with Crippen molar-refractivity contribution < 1.29 is 14.3 Å². The maximum atomic E-state index is 12.4. The molecule has 0 saturated carbocycles. The summed E-state index contributed by atoms with van der Waals surface area (Å²) < 4.78 is 6.24. The summed E-state index contributed by atoms with van der Waals surface area (Å²) in [6.45, 7) is 1.68. The van der Waals surface area contributed by atoms with E-state index in [4.69, 9.17) is 4.74 Å². The van der Waals surface area contributed by atoms with Crippen LogP contribution >= 0.6 is 27.3 Å². The van der Waals surface area contributed by atoms with Crippen LogP contribution in [0.25, 0.3) is 0 Å². The van der Waals surface area contributed by atoms with Crippen LogP contribution < -0.4 is 10.1 Å². The SMILES string of the molecule is CC1Oc2ccc(C(=O)c3sccc3Br)cc2NC1=O. The van der Waals surface area contributed by atoms with Crippen molar-refractivity contribution in [1.29, 1.82) is 0 Å². The largest absolute Gasteiger partial charge is 0.479 e. The first-order valence-corrected chi connectivity index (χ1v) is 7.63. The molecule has 0 saturated heterocycles. The fourth-order valence-corrected chi connectivity index (χ4v) is 3.45. The highest BCUT2D eigenvalue weighted by Gasteiger charge is 2.24. The third-order valence-corrected chi connectivity index (χ3v) is 4.83. The number of anilines is 1. The van der Waals surface area contributed by atoms with E-state index in [1.54, 1.807) is 25.1 Å². The second-order valence-corrected chi connectivity index (χ2v) is 6.16. The van der Waals surface area contributed by atoms with Crippen LogP contribution in [0.2, 0.25) is 0 Å². The molecule has 1 aliphatic rings. The molecule has 2 aromatic rings. The lowest BCUT2D eigenvalue weighted by Gasteiger charge is -2.23. The number of benzene rings is 1. The number of hydrogen-bond donors (Lipinski definition) is 1. The molecular formula is C14H10BrNO3S. The molecule has 1 N–H and O–H groups in total. The van der Waals surface area contributed by atoms with Crippen LogP contribution in [0.3, 0.4) is 0 Å². The van der Waals surface area contributed by atoms with E-state index in [1.165, 1.54) is 11.3 Å². The molecule has 1 aliphatic heterocycles. The fraction of sp³-hybridized carbons (Fsp3) is 0.143. The summed E-state index contributed by atoms with van der Waals surface area (Å²) in [6.07, 6.45) is -0.518. The molecule has 4 nitrogen and oxygen atoms in total. The summed E-state index contributed by atoms with van der Waals surface area (Å²) in [4.78, 5) is 24.6. The summed E-state index contributed by atoms with van der Waals surface area (Å²) in [5, 5.41) is 4.59. The van der Waals surface area contributed by atoms with Gasteiger partial charge >= 0.3 is 0 Å². The second-order valence-electron chi connectivity index (χ2n) is 4.39. The Labute approximate surface area is 127 Å². The molecule has 0 fully saturated rings. The van der Waals surface area contributed by atoms with Crippen molar-refractivity contribution in [2.45, 2.75) is 13.0 Å². The van der Waals surface area contributed by atoms with Crippen molar-refractivity contribution in [3.05, 3.63) is 44.6 Å². The number of amides is 1. The van der Waals surface area contributed by atoms with Crippen molar-refractivity contribution in [3.8, 4) is 5.75 Å². The average Bonchev–Trinajstić information content (AvgIpc) is 2.85. The van der Waals surface area contributed by atoms with Gasteiger partial charge in [0.05, 0.1) is 10.6 Å². The lowest BCUT2D eigenvalue weighted by Crippen LogP contribution is -2.34. The molecule has 1 aromatic heterocycles. The van der Waals surface area contributed by atoms with E-state index in [2.05, 4.69) is 21.2 Å². The summed E-state index contributed by atoms with van der Waals surface area (Å²) in [5.74, 6) is 0.292. The molecular weight excluding hydrogens is 342 g/mol. The molecule has 6 heteroatoms. The van der Waals surface area contributed by atoms with Gasteiger partial charge in [-0.3, -0.25) is 9.59 Å². The van der Waals surface area contributed by atoms with Gasteiger partial charge in [-0.2, -0.15) is 0 Å². The van der Waals surface area contributed by atoms with E-state index in [-0.39, 0.29) is 11.7 Å². The van der Waals surface area contributed by atoms with E-state index in [0.29, 0.717) is 21.9 Å². The Bertz CT molecular complexity index is 710. The number of ether oxygens (including phenoxy) is 1. The van der Waals surface area contributed by atoms with Gasteiger partial charge in [0, 0.05) is 10.0 Å². The number of carbonyl (C=O) groups excluding carboxylic acids is 2. The molecule has 0 spiro atoms. The van der Waals surface area contributed by atoms with E-state index in [0.717, 1.165) is 4.47 Å². The van der Waals surface area contributed by atoms with Gasteiger partial charge in [-0.25, -0.2) is 0 Å². The molecule has 1 atom stereocenters. The van der Waals surface area contributed by atoms with Crippen molar-refractivity contribution >= 4 is 44.6 Å². The number of thiophene rings is 1. The first-order chi connectivity index (χ1) is 9.56. The minimum Gasteiger partial charge on any atom is -0.479 e. The number of halogens is 1. The standard InChI is InChI=1S/C14H10BrNO3S/c1-7-14(18)16-10-6-8(2-3-11(10)19-7)12(17)13-9(15)4-5-20-13/h2-7H,1H3,(H,16,18). The first-order valence-electron chi connectivity index (χ1n) is 5.95. The Morgan fingerprint density at radius 1 is 1.40 bits per heavy atom. The Morgan fingerprint density at radius 3 is 2.90 bits per heavy atom. The number of ketones is 1. The van der Waals surface area contributed by atoms with Gasteiger partial charge in [0.15, 0.2) is 6.10 Å². The number of rotatable bonds is 2. The Hall–Kier alpha value is -1.66. The minimum atomic E-state index is -0.518. The smallest absolute Gasteiger partial charge is 0.265 e. The normalized spacial score (nSPS) is 17.1. The maximum Gasteiger partial charge on any atom is 0.265 e. The van der Waals surface area contributed by atoms with Crippen molar-refractivity contribution in [2.24, 2.45) is 0 Å². The summed E-state index contributed by atoms with van der Waals surface area (Å²) in [7, 11) is 0. The van der Waals surface area contributed by atoms with Gasteiger partial charge in [-0.05, 0) is 52.5 Å². The highest BCUT2D eigenvalue weighted by Crippen LogP contribution is 2.32. The molecule has 1 unspecified atom stereocenters. The van der Waals surface area contributed by atoms with Gasteiger partial charge in [0.2, 0.25) is 5.78 Å². The van der Waals surface area contributed by atoms with Gasteiger partial charge in [0.1, 0.15) is 5.75 Å². The van der Waals surface area contributed by atoms with Crippen molar-refractivity contribution in [3.63, 3.8) is 0 Å². The monoisotopic (exact) mass is 351 g/mol. The van der Waals surface area contributed by atoms with E-state index in [1.807, 2.05) is 11.4 Å². The van der Waals surface area contributed by atoms with Crippen LogP contribution in [0, 0.1) is 0 Å². The quantitative estimate of drug-likeness (QED) is 0.843. The number of nitrogens with one attached hydrogen (secondary N) is 1. The van der Waals surface area contributed by atoms with Crippen LogP contribution in [0.1, 0.15) is 22.2 Å². The van der Waals surface area contributed by atoms with Gasteiger partial charge in [0.25, 0.3) is 5.91 Å². The van der Waals surface area contributed by atoms with Crippen LogP contribution in [-0.4, -0.2) is 17.8 Å². The third kappa shape index (κ3) is 2.25. The molecule has 2 heterocycles. The third-order valence-electron chi connectivity index (χ3n) is 3.00. The van der Waals surface area contributed by atoms with Crippen LogP contribution in [0.5, 0.6) is 5.75 Å². The Kier molecular flexibility index (Phi) is 3.35. The van der Waals surface area contributed by atoms with Crippen LogP contribution in [0.15, 0.2) is 34.1 Å². The molecule has 20 heavy (non-hydrogen) atoms. The summed E-state index contributed by atoms with van der Waals surface area (Å²) in [5.41, 5.74) is 1.05. The van der Waals surface area contributed by atoms with Crippen LogP contribution in [-0.2, 0) is 4.79 Å². The second kappa shape index (κ2) is 5.03. The predicted molar refractivity (Wildman–Crippen MR) is 80.6 cm³/mol. The Morgan fingerprint density at radius 2 is 2.20 bits per heavy atom. The van der Waals surface area contributed by atoms with E-state index >= 15 is 0 Å². The molecule has 102 valence electrons. The summed E-state index contributed by atoms with van der Waals surface area (Å²) >= 11 is 4.73. The zero-order valence-electron chi connectivity index (χ0n) is 10.5. The fourth-order valence-electron chi connectivity index (χ4n) is 1.94. The maximum absolute atomic E-state index is 12.4. The van der Waals surface area contributed by atoms with Crippen molar-refractivity contribution in [1.82, 2.24) is 0 Å². The molecule has 1 amide bonds. The lowest BCUT2D eigenvalue weighted by molar-refractivity contribution is -0.122. The highest BCUT2D eigenvalue weighted by molar-refractivity contribution is 9.10. The highest BCUT2D eigenvalue weighted by atomic mass is 79.9. The molecule has 0 aliphatic carbocycles. The number of carbonyl (C=O) groups is 2. The average molecular weight is 352 g/mol. The zero-order valence-corrected chi connectivity index (χ0v) is 12.9. The molecule has 3 rings (SSSR count). The summed E-state index contributed by atoms with van der Waals surface area (Å²) in [6, 6.07) is 6.90.